The summed E-state index contributed by atoms with van der Waals surface area (Å²) in [5.74, 6) is 4.28. The normalized spacial score (nSPS) is 28.6. The van der Waals surface area contributed by atoms with Gasteiger partial charge in [-0.05, 0) is 156 Å². The molecule has 4 fully saturated rings. The summed E-state index contributed by atoms with van der Waals surface area (Å²) in [5, 5.41) is 2.91. The first-order valence-electron chi connectivity index (χ1n) is 28.5. The highest BCUT2D eigenvalue weighted by molar-refractivity contribution is 5.77. The molecule has 9 atom stereocenters. The van der Waals surface area contributed by atoms with Crippen molar-refractivity contribution < 1.29 is 28.5 Å². The summed E-state index contributed by atoms with van der Waals surface area (Å²) in [4.78, 5) is 28.1. The fourth-order valence-corrected chi connectivity index (χ4v) is 13.7. The number of carbonyl (C=O) groups excluding carboxylic acids is 2. The number of allylic oxidation sites excluding steroid dienone is 5. The molecule has 5 unspecified atom stereocenters. The number of piperidine rings is 1. The number of carbonyl (C=O) groups is 2. The van der Waals surface area contributed by atoms with Crippen LogP contribution in [0.5, 0.6) is 0 Å². The highest BCUT2D eigenvalue weighted by Crippen LogP contribution is 2.67. The maximum Gasteiger partial charge on any atom is 0.332 e. The zero-order valence-electron chi connectivity index (χ0n) is 44.2. The van der Waals surface area contributed by atoms with E-state index in [1.54, 1.807) is 0 Å². The van der Waals surface area contributed by atoms with Gasteiger partial charge < -0.3 is 29.2 Å². The summed E-state index contributed by atoms with van der Waals surface area (Å²) in [6.45, 7) is 19.6. The van der Waals surface area contributed by atoms with Gasteiger partial charge in [0, 0.05) is 26.1 Å². The van der Waals surface area contributed by atoms with Crippen LogP contribution in [-0.4, -0.2) is 88.2 Å². The van der Waals surface area contributed by atoms with E-state index in [9.17, 15) is 9.59 Å². The molecule has 0 aromatic heterocycles. The molecule has 1 aliphatic heterocycles. The summed E-state index contributed by atoms with van der Waals surface area (Å²) in [7, 11) is 0. The molecule has 0 aromatic rings. The second kappa shape index (κ2) is 30.7. The van der Waals surface area contributed by atoms with Crippen LogP contribution < -0.4 is 5.32 Å². The number of hydrogen-bond acceptors (Lipinski definition) is 7. The van der Waals surface area contributed by atoms with Crippen LogP contribution in [0.2, 0.25) is 0 Å². The lowest BCUT2D eigenvalue weighted by molar-refractivity contribution is -0.157. The molecule has 0 spiro atoms. The Morgan fingerprint density at radius 1 is 0.791 bits per heavy atom. The van der Waals surface area contributed by atoms with E-state index in [0.717, 1.165) is 93.9 Å². The van der Waals surface area contributed by atoms with Gasteiger partial charge >= 0.3 is 5.97 Å². The molecular formula is C59H102N2O6. The molecule has 5 aliphatic rings. The van der Waals surface area contributed by atoms with E-state index in [0.29, 0.717) is 25.2 Å². The number of nitrogens with zero attached hydrogens (tertiary/aromatic N) is 1. The summed E-state index contributed by atoms with van der Waals surface area (Å²) >= 11 is 0. The van der Waals surface area contributed by atoms with Crippen LogP contribution >= 0.6 is 0 Å². The van der Waals surface area contributed by atoms with E-state index in [1.807, 2.05) is 0 Å². The van der Waals surface area contributed by atoms with E-state index in [4.69, 9.17) is 18.9 Å². The second-order valence-electron chi connectivity index (χ2n) is 23.0. The Balaban J connectivity index is 0.909. The molecule has 0 bridgehead atoms. The number of ether oxygens (including phenoxy) is 4. The first kappa shape index (κ1) is 55.9. The molecule has 5 rings (SSSR count). The van der Waals surface area contributed by atoms with Gasteiger partial charge in [0.1, 0.15) is 19.3 Å². The fourth-order valence-electron chi connectivity index (χ4n) is 13.7. The minimum Gasteiger partial charge on any atom is -0.460 e. The lowest BCUT2D eigenvalue weighted by atomic mass is 9.47. The molecule has 1 N–H and O–H groups in total. The van der Waals surface area contributed by atoms with Crippen LogP contribution in [0.15, 0.2) is 36.0 Å². The van der Waals surface area contributed by atoms with Gasteiger partial charge in [0.25, 0.3) is 0 Å². The topological polar surface area (TPSA) is 86.3 Å². The van der Waals surface area contributed by atoms with Crippen LogP contribution in [0.4, 0.5) is 0 Å². The summed E-state index contributed by atoms with van der Waals surface area (Å²) in [6, 6.07) is 0. The third-order valence-electron chi connectivity index (χ3n) is 17.5. The number of nitrogens with one attached hydrogen (secondary N) is 1. The smallest absolute Gasteiger partial charge is 0.332 e. The predicted molar refractivity (Wildman–Crippen MR) is 277 cm³/mol. The molecule has 0 aromatic carbocycles. The van der Waals surface area contributed by atoms with E-state index < -0.39 is 0 Å². The Bertz CT molecular complexity index is 1490. The molecule has 67 heavy (non-hydrogen) atoms. The number of fused-ring (bicyclic) bond motifs is 5. The van der Waals surface area contributed by atoms with Crippen molar-refractivity contribution in [3.05, 3.63) is 36.0 Å². The molecule has 384 valence electrons. The van der Waals surface area contributed by atoms with E-state index in [2.05, 4.69) is 82.1 Å². The van der Waals surface area contributed by atoms with Crippen LogP contribution in [0.25, 0.3) is 0 Å². The largest absolute Gasteiger partial charge is 0.460 e. The van der Waals surface area contributed by atoms with E-state index in [1.165, 1.54) is 140 Å². The molecule has 1 amide bonds. The summed E-state index contributed by atoms with van der Waals surface area (Å²) in [5.41, 5.74) is 2.23. The third kappa shape index (κ3) is 18.6. The Morgan fingerprint density at radius 2 is 1.54 bits per heavy atom. The zero-order chi connectivity index (χ0) is 47.7. The highest BCUT2D eigenvalue weighted by atomic mass is 16.6. The maximum atomic E-state index is 12.9. The Labute approximate surface area is 411 Å². The lowest BCUT2D eigenvalue weighted by Crippen LogP contribution is -2.51. The Kier molecular flexibility index (Phi) is 25.6. The number of amides is 1. The van der Waals surface area contributed by atoms with Crippen molar-refractivity contribution in [2.45, 2.75) is 221 Å². The van der Waals surface area contributed by atoms with Crippen molar-refractivity contribution in [3.63, 3.8) is 0 Å². The van der Waals surface area contributed by atoms with Gasteiger partial charge in [0.2, 0.25) is 5.91 Å². The van der Waals surface area contributed by atoms with Gasteiger partial charge in [0.05, 0.1) is 19.3 Å². The van der Waals surface area contributed by atoms with Crippen molar-refractivity contribution in [3.8, 4) is 0 Å². The summed E-state index contributed by atoms with van der Waals surface area (Å²) < 4.78 is 23.9. The average Bonchev–Trinajstić information content (AvgIpc) is 3.67. The lowest BCUT2D eigenvalue weighted by Gasteiger charge is -2.58. The number of hydrogen-bond donors (Lipinski definition) is 1. The van der Waals surface area contributed by atoms with Crippen LogP contribution in [0, 0.1) is 46.3 Å². The van der Waals surface area contributed by atoms with Crippen LogP contribution in [0.1, 0.15) is 208 Å². The SMILES string of the molecule is CCCCC/C=C\C/C=C\CCCCCCCCOCC(CN1CCCCC1)OCCNC(=O)COCC(=O)O[C@H]1CC[C@@]2(C)C(=CC[C@H]3C4CCC(C(C)CCCC(C)C)[C@@]4(C)CCC32)C1. The van der Waals surface area contributed by atoms with Gasteiger partial charge in [0.15, 0.2) is 0 Å². The van der Waals surface area contributed by atoms with Crippen molar-refractivity contribution >= 4 is 11.9 Å². The summed E-state index contributed by atoms with van der Waals surface area (Å²) in [6.07, 6.45) is 44.1. The van der Waals surface area contributed by atoms with Crippen LogP contribution in [0.3, 0.4) is 0 Å². The second-order valence-corrected chi connectivity index (χ2v) is 23.0. The van der Waals surface area contributed by atoms with E-state index in [-0.39, 0.29) is 42.7 Å². The van der Waals surface area contributed by atoms with E-state index >= 15 is 0 Å². The van der Waals surface area contributed by atoms with Gasteiger partial charge in [-0.3, -0.25) is 4.79 Å². The fraction of sp³-hybridized carbons (Fsp3) is 0.864. The standard InChI is InChI=1S/C59H102N2O6/c1-7-8-9-10-11-12-13-14-15-16-17-18-19-20-21-25-40-64-44-51(43-61-38-23-22-24-39-61)66-41-37-60-56(62)45-65-46-57(63)67-50-33-35-58(5)49(42-50)29-30-52-54-32-31-53(48(4)28-26-27-47(2)3)59(54,6)36-34-55(52)58/h11-12,14-15,29,47-48,50-55H,7-10,13,16-28,30-46H2,1-6H3,(H,60,62)/b12-11-,15-14-/t48?,50-,51?,52-,53?,54?,55?,58-,59+/m0/s1. The van der Waals surface area contributed by atoms with Gasteiger partial charge in [-0.2, -0.15) is 0 Å². The minimum atomic E-state index is -0.372. The van der Waals surface area contributed by atoms with Gasteiger partial charge in [-0.1, -0.05) is 142 Å². The van der Waals surface area contributed by atoms with Gasteiger partial charge in [-0.15, -0.1) is 0 Å². The Morgan fingerprint density at radius 3 is 2.30 bits per heavy atom. The van der Waals surface area contributed by atoms with Crippen LogP contribution in [-0.2, 0) is 28.5 Å². The predicted octanol–water partition coefficient (Wildman–Crippen LogP) is 13.8. The van der Waals surface area contributed by atoms with Crippen molar-refractivity contribution in [1.29, 1.82) is 0 Å². The minimum absolute atomic E-state index is 0.0225. The first-order valence-corrected chi connectivity index (χ1v) is 28.5. The highest BCUT2D eigenvalue weighted by Gasteiger charge is 2.59. The van der Waals surface area contributed by atoms with Crippen molar-refractivity contribution in [2.24, 2.45) is 46.3 Å². The molecule has 8 nitrogen and oxygen atoms in total. The van der Waals surface area contributed by atoms with Gasteiger partial charge in [-0.25, -0.2) is 4.79 Å². The zero-order valence-corrected chi connectivity index (χ0v) is 44.2. The average molecular weight is 935 g/mol. The molecular weight excluding hydrogens is 833 g/mol. The monoisotopic (exact) mass is 935 g/mol. The Hall–Kier alpha value is -2.00. The molecule has 8 heteroatoms. The number of likely N-dealkylation sites (tertiary alicyclic amines) is 1. The molecule has 0 radical (unpaired) electrons. The number of unbranched alkanes of at least 4 members (excludes halogenated alkanes) is 9. The molecule has 1 saturated heterocycles. The third-order valence-corrected chi connectivity index (χ3v) is 17.5. The maximum absolute atomic E-state index is 12.9. The quantitative estimate of drug-likeness (QED) is 0.0398. The molecule has 1 heterocycles. The first-order chi connectivity index (χ1) is 32.5. The van der Waals surface area contributed by atoms with Crippen molar-refractivity contribution in [1.82, 2.24) is 10.2 Å². The molecule has 3 saturated carbocycles. The number of rotatable bonds is 33. The van der Waals surface area contributed by atoms with Crippen molar-refractivity contribution in [2.75, 3.05) is 59.2 Å². The number of esters is 1. The molecule has 4 aliphatic carbocycles.